The Labute approximate surface area is 110 Å². The summed E-state index contributed by atoms with van der Waals surface area (Å²) in [4.78, 5) is 12.4. The van der Waals surface area contributed by atoms with Crippen LogP contribution in [-0.2, 0) is 4.79 Å². The van der Waals surface area contributed by atoms with Crippen molar-refractivity contribution in [2.24, 2.45) is 0 Å². The van der Waals surface area contributed by atoms with Gasteiger partial charge in [-0.1, -0.05) is 6.07 Å². The summed E-state index contributed by atoms with van der Waals surface area (Å²) in [7, 11) is 1.86. The average molecular weight is 269 g/mol. The van der Waals surface area contributed by atoms with Crippen LogP contribution < -0.4 is 4.90 Å². The van der Waals surface area contributed by atoms with Gasteiger partial charge in [0.15, 0.2) is 0 Å². The van der Waals surface area contributed by atoms with Gasteiger partial charge >= 0.3 is 5.97 Å². The quantitative estimate of drug-likeness (QED) is 0.806. The lowest BCUT2D eigenvalue weighted by molar-refractivity contribution is -0.131. The molecule has 1 aromatic rings. The van der Waals surface area contributed by atoms with Crippen LogP contribution >= 0.6 is 11.8 Å². The highest BCUT2D eigenvalue weighted by Crippen LogP contribution is 2.24. The van der Waals surface area contributed by atoms with Crippen LogP contribution in [0.15, 0.2) is 24.3 Å². The van der Waals surface area contributed by atoms with Crippen LogP contribution in [0, 0.1) is 5.82 Å². The first kappa shape index (κ1) is 14.6. The van der Waals surface area contributed by atoms with Gasteiger partial charge in [0, 0.05) is 36.7 Å². The van der Waals surface area contributed by atoms with Crippen molar-refractivity contribution in [3.8, 4) is 0 Å². The molecule has 0 atom stereocenters. The van der Waals surface area contributed by atoms with Gasteiger partial charge in [-0.15, -0.1) is 0 Å². The third kappa shape index (κ3) is 4.07. The van der Waals surface area contributed by atoms with Gasteiger partial charge in [-0.2, -0.15) is 11.8 Å². The van der Waals surface area contributed by atoms with Gasteiger partial charge in [-0.3, -0.25) is 0 Å². The fourth-order valence-electron chi connectivity index (χ4n) is 1.53. The first-order valence-electron chi connectivity index (χ1n) is 5.46. The Bertz CT molecular complexity index is 449. The summed E-state index contributed by atoms with van der Waals surface area (Å²) in [5, 5.41) is 8.61. The van der Waals surface area contributed by atoms with Crippen molar-refractivity contribution >= 4 is 29.5 Å². The number of halogens is 1. The number of nitrogens with zero attached hydrogens (tertiary/aromatic N) is 1. The molecule has 0 aliphatic rings. The number of rotatable bonds is 6. The van der Waals surface area contributed by atoms with Gasteiger partial charge in [0.1, 0.15) is 5.82 Å². The molecule has 0 aliphatic heterocycles. The second kappa shape index (κ2) is 7.06. The van der Waals surface area contributed by atoms with E-state index in [2.05, 4.69) is 0 Å². The topological polar surface area (TPSA) is 40.5 Å². The Kier molecular flexibility index (Phi) is 5.71. The van der Waals surface area contributed by atoms with Crippen molar-refractivity contribution in [2.45, 2.75) is 0 Å². The van der Waals surface area contributed by atoms with Crippen molar-refractivity contribution in [2.75, 3.05) is 30.5 Å². The third-order valence-electron chi connectivity index (χ3n) is 2.46. The summed E-state index contributed by atoms with van der Waals surface area (Å²) in [5.41, 5.74) is 1.00. The Morgan fingerprint density at radius 2 is 2.28 bits per heavy atom. The number of hydrogen-bond donors (Lipinski definition) is 1. The van der Waals surface area contributed by atoms with Crippen molar-refractivity contribution in [1.29, 1.82) is 0 Å². The van der Waals surface area contributed by atoms with E-state index in [0.717, 1.165) is 18.4 Å². The summed E-state index contributed by atoms with van der Waals surface area (Å²) in [6.45, 7) is 0.776. The zero-order valence-corrected chi connectivity index (χ0v) is 11.2. The molecule has 0 aromatic heterocycles. The molecule has 5 heteroatoms. The first-order chi connectivity index (χ1) is 8.56. The molecular formula is C13H16FNO2S. The number of hydrogen-bond acceptors (Lipinski definition) is 3. The monoisotopic (exact) mass is 269 g/mol. The van der Waals surface area contributed by atoms with E-state index in [9.17, 15) is 9.18 Å². The van der Waals surface area contributed by atoms with E-state index in [1.807, 2.05) is 18.2 Å². The number of anilines is 1. The van der Waals surface area contributed by atoms with Gasteiger partial charge in [-0.25, -0.2) is 9.18 Å². The molecule has 3 nitrogen and oxygen atoms in total. The predicted octanol–water partition coefficient (Wildman–Crippen LogP) is 2.72. The maximum atomic E-state index is 13.7. The molecule has 0 fully saturated rings. The Morgan fingerprint density at radius 3 is 2.89 bits per heavy atom. The molecule has 18 heavy (non-hydrogen) atoms. The smallest absolute Gasteiger partial charge is 0.328 e. The second-order valence-corrected chi connectivity index (χ2v) is 4.74. The van der Waals surface area contributed by atoms with E-state index in [0.29, 0.717) is 11.3 Å². The van der Waals surface area contributed by atoms with Gasteiger partial charge < -0.3 is 10.0 Å². The molecule has 0 aliphatic carbocycles. The average Bonchev–Trinajstić information content (AvgIpc) is 2.34. The summed E-state index contributed by atoms with van der Waals surface area (Å²) < 4.78 is 13.7. The van der Waals surface area contributed by atoms with E-state index >= 15 is 0 Å². The number of carboxylic acids is 1. The molecule has 0 saturated heterocycles. The summed E-state index contributed by atoms with van der Waals surface area (Å²) in [6.07, 6.45) is 4.25. The fourth-order valence-corrected chi connectivity index (χ4v) is 1.98. The summed E-state index contributed by atoms with van der Waals surface area (Å²) in [6, 6.07) is 4.73. The van der Waals surface area contributed by atoms with Crippen LogP contribution in [0.5, 0.6) is 0 Å². The van der Waals surface area contributed by atoms with Gasteiger partial charge in [0.2, 0.25) is 0 Å². The lowest BCUT2D eigenvalue weighted by Crippen LogP contribution is -2.21. The molecule has 0 radical (unpaired) electrons. The molecule has 0 bridgehead atoms. The lowest BCUT2D eigenvalue weighted by atomic mass is 10.1. The Balaban J connectivity index is 3.03. The lowest BCUT2D eigenvalue weighted by Gasteiger charge is -2.21. The zero-order chi connectivity index (χ0) is 13.5. The summed E-state index contributed by atoms with van der Waals surface area (Å²) in [5.74, 6) is -0.577. The highest BCUT2D eigenvalue weighted by Gasteiger charge is 2.09. The fraction of sp³-hybridized carbons (Fsp3) is 0.308. The van der Waals surface area contributed by atoms with E-state index in [1.54, 1.807) is 23.9 Å². The maximum absolute atomic E-state index is 13.7. The number of thioether (sulfide) groups is 1. The molecule has 1 rings (SSSR count). The van der Waals surface area contributed by atoms with E-state index in [-0.39, 0.29) is 0 Å². The largest absolute Gasteiger partial charge is 0.478 e. The van der Waals surface area contributed by atoms with Crippen LogP contribution in [0.1, 0.15) is 5.56 Å². The molecule has 98 valence electrons. The van der Waals surface area contributed by atoms with Crippen molar-refractivity contribution in [1.82, 2.24) is 0 Å². The Hall–Kier alpha value is -1.49. The number of benzene rings is 1. The van der Waals surface area contributed by atoms with Gasteiger partial charge in [0.25, 0.3) is 0 Å². The summed E-state index contributed by atoms with van der Waals surface area (Å²) >= 11 is 1.71. The molecule has 0 saturated carbocycles. The second-order valence-electron chi connectivity index (χ2n) is 3.76. The minimum absolute atomic E-state index is 0.309. The standard InChI is InChI=1S/C13H16FNO2S/c1-15(8-9-18-2)12-5-3-4-11(14)10(12)6-7-13(16)17/h3-7H,8-9H2,1-2H3,(H,16,17)/b7-6+. The highest BCUT2D eigenvalue weighted by atomic mass is 32.2. The van der Waals surface area contributed by atoms with Crippen LogP contribution in [0.3, 0.4) is 0 Å². The van der Waals surface area contributed by atoms with Gasteiger partial charge in [-0.05, 0) is 24.5 Å². The minimum atomic E-state index is -1.09. The Morgan fingerprint density at radius 1 is 1.56 bits per heavy atom. The number of carbonyl (C=O) groups is 1. The zero-order valence-electron chi connectivity index (χ0n) is 10.4. The SMILES string of the molecule is CSCCN(C)c1cccc(F)c1/C=C/C(=O)O. The van der Waals surface area contributed by atoms with Crippen LogP contribution in [0.2, 0.25) is 0 Å². The number of carboxylic acid groups (broad SMARTS) is 1. The van der Waals surface area contributed by atoms with E-state index < -0.39 is 11.8 Å². The van der Waals surface area contributed by atoms with Gasteiger partial charge in [0.05, 0.1) is 0 Å². The maximum Gasteiger partial charge on any atom is 0.328 e. The van der Waals surface area contributed by atoms with Crippen LogP contribution in [-0.4, -0.2) is 36.7 Å². The first-order valence-corrected chi connectivity index (χ1v) is 6.85. The van der Waals surface area contributed by atoms with Crippen molar-refractivity contribution in [3.05, 3.63) is 35.7 Å². The normalized spacial score (nSPS) is 10.8. The predicted molar refractivity (Wildman–Crippen MR) is 74.7 cm³/mol. The number of aliphatic carboxylic acids is 1. The molecular weight excluding hydrogens is 253 g/mol. The molecule has 1 aromatic carbocycles. The van der Waals surface area contributed by atoms with E-state index in [1.165, 1.54) is 12.1 Å². The third-order valence-corrected chi connectivity index (χ3v) is 3.06. The van der Waals surface area contributed by atoms with Crippen LogP contribution in [0.4, 0.5) is 10.1 Å². The van der Waals surface area contributed by atoms with Crippen molar-refractivity contribution < 1.29 is 14.3 Å². The molecule has 0 amide bonds. The van der Waals surface area contributed by atoms with Crippen molar-refractivity contribution in [3.63, 3.8) is 0 Å². The molecule has 0 unspecified atom stereocenters. The molecule has 0 spiro atoms. The van der Waals surface area contributed by atoms with Crippen LogP contribution in [0.25, 0.3) is 6.08 Å². The highest BCUT2D eigenvalue weighted by molar-refractivity contribution is 7.98. The van der Waals surface area contributed by atoms with E-state index in [4.69, 9.17) is 5.11 Å². The minimum Gasteiger partial charge on any atom is -0.478 e. The molecule has 1 N–H and O–H groups in total. The molecule has 0 heterocycles.